The molecule has 1 aliphatic rings. The Balaban J connectivity index is 0.00000247. The molecule has 38 heavy (non-hydrogen) atoms. The minimum absolute atomic E-state index is 0.146. The third-order valence-electron chi connectivity index (χ3n) is 5.58. The maximum absolute atomic E-state index is 13.5. The first-order chi connectivity index (χ1) is 18.0. The van der Waals surface area contributed by atoms with Crippen LogP contribution in [0.5, 0.6) is 0 Å². The number of benzene rings is 2. The van der Waals surface area contributed by atoms with E-state index >= 15 is 0 Å². The molecular weight excluding hydrogens is 535 g/mol. The summed E-state index contributed by atoms with van der Waals surface area (Å²) in [5, 5.41) is 3.10. The normalized spacial score (nSPS) is 17.4. The lowest BCUT2D eigenvalue weighted by atomic mass is 9.98. The zero-order chi connectivity index (χ0) is 28.3. The number of ether oxygens (including phenoxy) is 1. The van der Waals surface area contributed by atoms with Gasteiger partial charge in [-0.05, 0) is 61.3 Å². The lowest BCUT2D eigenvalue weighted by Crippen LogP contribution is -2.35. The molecular formula is C28H33ClF3N3O2S. The molecule has 2 aromatic carbocycles. The second-order valence-electron chi connectivity index (χ2n) is 8.63. The van der Waals surface area contributed by atoms with Gasteiger partial charge in [0.05, 0.1) is 22.9 Å². The maximum Gasteiger partial charge on any atom is 0.417 e. The summed E-state index contributed by atoms with van der Waals surface area (Å²) < 4.78 is 45.5. The largest absolute Gasteiger partial charge is 0.417 e. The molecule has 0 aromatic heterocycles. The van der Waals surface area contributed by atoms with E-state index in [1.807, 2.05) is 31.7 Å². The molecule has 0 heterocycles. The Bertz CT molecular complexity index is 1170. The van der Waals surface area contributed by atoms with Crippen LogP contribution in [0.1, 0.15) is 45.2 Å². The fraction of sp³-hybridized carbons (Fsp3) is 0.393. The Kier molecular flexibility index (Phi) is 12.1. The number of methoxy groups -OCH3 is 1. The summed E-state index contributed by atoms with van der Waals surface area (Å²) in [5.41, 5.74) is 1.57. The van der Waals surface area contributed by atoms with Crippen LogP contribution in [0.3, 0.4) is 0 Å². The molecule has 3 rings (SSSR count). The number of halogens is 4. The number of nitroso groups, excluding NO2 is 1. The van der Waals surface area contributed by atoms with Gasteiger partial charge in [-0.3, -0.25) is 0 Å². The highest BCUT2D eigenvalue weighted by Crippen LogP contribution is 2.40. The number of hydrogen-bond acceptors (Lipinski definition) is 5. The van der Waals surface area contributed by atoms with Gasteiger partial charge in [0.2, 0.25) is 0 Å². The second kappa shape index (κ2) is 14.5. The molecule has 0 amide bonds. The molecule has 0 bridgehead atoms. The van der Waals surface area contributed by atoms with Crippen molar-refractivity contribution in [3.8, 4) is 0 Å². The number of aliphatic imine (C=N–C) groups is 1. The molecule has 1 aliphatic carbocycles. The maximum atomic E-state index is 13.5. The van der Waals surface area contributed by atoms with Crippen LogP contribution in [0.25, 0.3) is 0 Å². The van der Waals surface area contributed by atoms with Gasteiger partial charge in [-0.2, -0.15) is 13.2 Å². The van der Waals surface area contributed by atoms with Crippen LogP contribution in [-0.2, 0) is 17.5 Å². The van der Waals surface area contributed by atoms with Gasteiger partial charge < -0.3 is 9.64 Å². The number of hydrogen-bond donors (Lipinski definition) is 0. The standard InChI is InChI=1S/C26H27ClF3N3O2S.C2H6/c1-18-10-12-25(2,13-11-18)36-24(31-21-8-9-23(27)22(16-21)26(28,29)30)33(14-15-35-3)17-19-4-6-20(32-34)7-5-19;1-2/h4-12,16H,13-15,17H2,1-3H3;1-2H3. The first-order valence-corrected chi connectivity index (χ1v) is 13.4. The van der Waals surface area contributed by atoms with E-state index in [-0.39, 0.29) is 15.5 Å². The molecule has 1 atom stereocenters. The molecule has 206 valence electrons. The van der Waals surface area contributed by atoms with Gasteiger partial charge >= 0.3 is 6.18 Å². The lowest BCUT2D eigenvalue weighted by molar-refractivity contribution is -0.137. The lowest BCUT2D eigenvalue weighted by Gasteiger charge is -2.33. The molecule has 2 aromatic rings. The predicted molar refractivity (Wildman–Crippen MR) is 153 cm³/mol. The summed E-state index contributed by atoms with van der Waals surface area (Å²) >= 11 is 7.30. The smallest absolute Gasteiger partial charge is 0.383 e. The van der Waals surface area contributed by atoms with Crippen LogP contribution in [0.2, 0.25) is 5.02 Å². The van der Waals surface area contributed by atoms with Gasteiger partial charge in [-0.25, -0.2) is 4.99 Å². The number of allylic oxidation sites excluding steroid dienone is 3. The van der Waals surface area contributed by atoms with Crippen LogP contribution >= 0.6 is 23.4 Å². The van der Waals surface area contributed by atoms with Gasteiger partial charge in [-0.15, -0.1) is 4.91 Å². The Hall–Kier alpha value is -2.62. The van der Waals surface area contributed by atoms with Crippen LogP contribution in [0, 0.1) is 4.91 Å². The average molecular weight is 568 g/mol. The van der Waals surface area contributed by atoms with Crippen LogP contribution in [-0.4, -0.2) is 35.1 Å². The topological polar surface area (TPSA) is 54.3 Å². The Morgan fingerprint density at radius 1 is 1.16 bits per heavy atom. The molecule has 0 fully saturated rings. The minimum Gasteiger partial charge on any atom is -0.383 e. The number of thioether (sulfide) groups is 1. The van der Waals surface area contributed by atoms with E-state index in [1.54, 1.807) is 31.4 Å². The summed E-state index contributed by atoms with van der Waals surface area (Å²) in [6.45, 7) is 9.32. The molecule has 0 N–H and O–H groups in total. The van der Waals surface area contributed by atoms with Crippen LogP contribution in [0.15, 0.2) is 76.4 Å². The fourth-order valence-electron chi connectivity index (χ4n) is 3.49. The van der Waals surface area contributed by atoms with Crippen molar-refractivity contribution >= 4 is 39.9 Å². The van der Waals surface area contributed by atoms with E-state index in [0.717, 1.165) is 23.6 Å². The fourth-order valence-corrected chi connectivity index (χ4v) is 4.87. The summed E-state index contributed by atoms with van der Waals surface area (Å²) in [7, 11) is 1.58. The third kappa shape index (κ3) is 9.29. The van der Waals surface area contributed by atoms with Gasteiger partial charge in [0.15, 0.2) is 5.17 Å². The quantitative estimate of drug-likeness (QED) is 0.181. The Morgan fingerprint density at radius 3 is 2.37 bits per heavy atom. The highest BCUT2D eigenvalue weighted by Gasteiger charge is 2.34. The molecule has 5 nitrogen and oxygen atoms in total. The Morgan fingerprint density at radius 2 is 1.82 bits per heavy atom. The molecule has 0 saturated carbocycles. The molecule has 0 spiro atoms. The third-order valence-corrected chi connectivity index (χ3v) is 7.21. The monoisotopic (exact) mass is 567 g/mol. The van der Waals surface area contributed by atoms with E-state index in [2.05, 4.69) is 29.2 Å². The number of alkyl halides is 3. The zero-order valence-corrected chi connectivity index (χ0v) is 23.8. The van der Waals surface area contributed by atoms with Gasteiger partial charge in [0, 0.05) is 24.9 Å². The van der Waals surface area contributed by atoms with Gasteiger partial charge in [0.1, 0.15) is 5.69 Å². The first-order valence-electron chi connectivity index (χ1n) is 12.2. The second-order valence-corrected chi connectivity index (χ2v) is 10.5. The van der Waals surface area contributed by atoms with Crippen molar-refractivity contribution in [2.45, 2.75) is 51.6 Å². The van der Waals surface area contributed by atoms with Crippen molar-refractivity contribution in [2.24, 2.45) is 10.2 Å². The highest BCUT2D eigenvalue weighted by molar-refractivity contribution is 8.15. The van der Waals surface area contributed by atoms with Crippen molar-refractivity contribution in [1.29, 1.82) is 0 Å². The van der Waals surface area contributed by atoms with E-state index in [0.29, 0.717) is 30.6 Å². The van der Waals surface area contributed by atoms with Crippen LogP contribution in [0.4, 0.5) is 24.5 Å². The average Bonchev–Trinajstić information content (AvgIpc) is 2.90. The van der Waals surface area contributed by atoms with E-state index in [1.165, 1.54) is 23.9 Å². The summed E-state index contributed by atoms with van der Waals surface area (Å²) in [6.07, 6.45) is 2.39. The molecule has 1 unspecified atom stereocenters. The summed E-state index contributed by atoms with van der Waals surface area (Å²) in [6, 6.07) is 10.5. The summed E-state index contributed by atoms with van der Waals surface area (Å²) in [4.78, 5) is 17.4. The first kappa shape index (κ1) is 31.6. The van der Waals surface area contributed by atoms with Gasteiger partial charge in [0.25, 0.3) is 0 Å². The van der Waals surface area contributed by atoms with E-state index < -0.39 is 11.7 Å². The van der Waals surface area contributed by atoms with Crippen molar-refractivity contribution in [3.05, 3.63) is 87.3 Å². The van der Waals surface area contributed by atoms with Crippen molar-refractivity contribution in [1.82, 2.24) is 4.90 Å². The molecule has 0 aliphatic heterocycles. The zero-order valence-electron chi connectivity index (χ0n) is 22.2. The van der Waals surface area contributed by atoms with Crippen LogP contribution < -0.4 is 0 Å². The molecule has 0 radical (unpaired) electrons. The van der Waals surface area contributed by atoms with Crippen molar-refractivity contribution in [3.63, 3.8) is 0 Å². The SMILES string of the molecule is CC.COCCN(Cc1ccc(N=O)cc1)C(=Nc1ccc(Cl)c(C(F)(F)F)c1)SC1(C)C=CC(C)=CC1. The van der Waals surface area contributed by atoms with Crippen molar-refractivity contribution < 1.29 is 17.9 Å². The predicted octanol–water partition coefficient (Wildman–Crippen LogP) is 9.32. The van der Waals surface area contributed by atoms with E-state index in [9.17, 15) is 18.1 Å². The molecule has 10 heteroatoms. The van der Waals surface area contributed by atoms with Gasteiger partial charge in [-0.1, -0.05) is 73.1 Å². The Labute approximate surface area is 231 Å². The molecule has 0 saturated heterocycles. The highest BCUT2D eigenvalue weighted by atomic mass is 35.5. The van der Waals surface area contributed by atoms with E-state index in [4.69, 9.17) is 16.3 Å². The number of nitrogens with zero attached hydrogens (tertiary/aromatic N) is 3. The number of amidine groups is 1. The van der Waals surface area contributed by atoms with Crippen molar-refractivity contribution in [2.75, 3.05) is 20.3 Å². The number of rotatable bonds is 8. The minimum atomic E-state index is -4.60. The summed E-state index contributed by atoms with van der Waals surface area (Å²) in [5.74, 6) is 0.